The minimum Gasteiger partial charge on any atom is -0.462 e. The maximum atomic E-state index is 12.5. The summed E-state index contributed by atoms with van der Waals surface area (Å²) in [5.41, 5.74) is 2.25. The highest BCUT2D eigenvalue weighted by atomic mass is 32.1. The number of aryl methyl sites for hydroxylation is 1. The van der Waals surface area contributed by atoms with Gasteiger partial charge in [0.15, 0.2) is 11.2 Å². The molecule has 0 saturated heterocycles. The van der Waals surface area contributed by atoms with Crippen LogP contribution in [-0.2, 0) is 0 Å². The lowest BCUT2D eigenvalue weighted by molar-refractivity contribution is 0.587. The lowest BCUT2D eigenvalue weighted by Crippen LogP contribution is -1.98. The molecule has 102 valence electrons. The van der Waals surface area contributed by atoms with Crippen LogP contribution >= 0.6 is 11.3 Å². The molecule has 2 nitrogen and oxygen atoms in total. The highest BCUT2D eigenvalue weighted by molar-refractivity contribution is 7.25. The summed E-state index contributed by atoms with van der Waals surface area (Å²) in [5, 5.41) is 1.42. The van der Waals surface area contributed by atoms with Gasteiger partial charge in [0.2, 0.25) is 0 Å². The Hall–Kier alpha value is -2.39. The average molecular weight is 292 g/mol. The zero-order valence-electron chi connectivity index (χ0n) is 11.4. The molecule has 4 aromatic rings. The predicted molar refractivity (Wildman–Crippen MR) is 88.0 cm³/mol. The van der Waals surface area contributed by atoms with Crippen LogP contribution in [0.5, 0.6) is 0 Å². The van der Waals surface area contributed by atoms with E-state index in [2.05, 4.69) is 6.92 Å². The highest BCUT2D eigenvalue weighted by Gasteiger charge is 2.14. The quantitative estimate of drug-likeness (QED) is 0.495. The number of rotatable bonds is 1. The van der Waals surface area contributed by atoms with Crippen LogP contribution in [0.4, 0.5) is 0 Å². The Morgan fingerprint density at radius 1 is 0.952 bits per heavy atom. The predicted octanol–water partition coefficient (Wildman–Crippen LogP) is 4.98. The fourth-order valence-electron chi connectivity index (χ4n) is 2.51. The number of benzene rings is 2. The van der Waals surface area contributed by atoms with Gasteiger partial charge in [-0.1, -0.05) is 42.0 Å². The molecule has 0 aliphatic carbocycles. The molecule has 0 spiro atoms. The normalized spacial score (nSPS) is 11.3. The average Bonchev–Trinajstić information content (AvgIpc) is 2.92. The van der Waals surface area contributed by atoms with Crippen molar-refractivity contribution in [2.24, 2.45) is 0 Å². The molecule has 21 heavy (non-hydrogen) atoms. The maximum Gasteiger partial charge on any atom is 0.199 e. The van der Waals surface area contributed by atoms with Gasteiger partial charge in [-0.05, 0) is 19.1 Å². The van der Waals surface area contributed by atoms with Crippen LogP contribution in [-0.4, -0.2) is 0 Å². The first-order valence-electron chi connectivity index (χ1n) is 6.74. The van der Waals surface area contributed by atoms with Gasteiger partial charge in [0.05, 0.1) is 10.1 Å². The molecule has 0 bridgehead atoms. The van der Waals surface area contributed by atoms with E-state index in [9.17, 15) is 4.79 Å². The van der Waals surface area contributed by atoms with Gasteiger partial charge in [-0.25, -0.2) is 0 Å². The van der Waals surface area contributed by atoms with E-state index in [1.54, 1.807) is 17.6 Å². The van der Waals surface area contributed by atoms with E-state index in [0.29, 0.717) is 5.39 Å². The van der Waals surface area contributed by atoms with Crippen LogP contribution in [0.3, 0.4) is 0 Å². The third kappa shape index (κ3) is 1.89. The van der Waals surface area contributed by atoms with Gasteiger partial charge in [0, 0.05) is 15.6 Å². The zero-order chi connectivity index (χ0) is 14.4. The van der Waals surface area contributed by atoms with Crippen molar-refractivity contribution in [3.05, 3.63) is 70.6 Å². The topological polar surface area (TPSA) is 30.2 Å². The molecule has 0 aliphatic rings. The highest BCUT2D eigenvalue weighted by Crippen LogP contribution is 2.34. The van der Waals surface area contributed by atoms with E-state index in [-0.39, 0.29) is 5.43 Å². The van der Waals surface area contributed by atoms with Crippen molar-refractivity contribution in [3.63, 3.8) is 0 Å². The second-order valence-corrected chi connectivity index (χ2v) is 6.15. The molecule has 0 fully saturated rings. The molecule has 0 N–H and O–H groups in total. The Labute approximate surface area is 125 Å². The fourth-order valence-corrected chi connectivity index (χ4v) is 3.65. The van der Waals surface area contributed by atoms with Crippen molar-refractivity contribution in [2.75, 3.05) is 0 Å². The van der Waals surface area contributed by atoms with Crippen LogP contribution in [0.25, 0.3) is 31.5 Å². The van der Waals surface area contributed by atoms with Crippen LogP contribution in [0.2, 0.25) is 0 Å². The number of fused-ring (bicyclic) bond motifs is 2. The summed E-state index contributed by atoms with van der Waals surface area (Å²) < 4.78 is 7.61. The second kappa shape index (κ2) is 4.57. The van der Waals surface area contributed by atoms with Crippen molar-refractivity contribution >= 4 is 31.5 Å². The van der Waals surface area contributed by atoms with E-state index in [1.807, 2.05) is 48.5 Å². The van der Waals surface area contributed by atoms with Crippen molar-refractivity contribution in [2.45, 2.75) is 6.92 Å². The molecule has 2 heterocycles. The fraction of sp³-hybridized carbons (Fsp3) is 0.0556. The summed E-state index contributed by atoms with van der Waals surface area (Å²) >= 11 is 1.60. The second-order valence-electron chi connectivity index (χ2n) is 5.10. The van der Waals surface area contributed by atoms with Gasteiger partial charge in [0.1, 0.15) is 6.26 Å². The summed E-state index contributed by atoms with van der Waals surface area (Å²) in [7, 11) is 0. The largest absolute Gasteiger partial charge is 0.462 e. The minimum atomic E-state index is 0.0430. The monoisotopic (exact) mass is 292 g/mol. The molecule has 0 atom stereocenters. The number of furan rings is 1. The van der Waals surface area contributed by atoms with Gasteiger partial charge in [-0.2, -0.15) is 0 Å². The van der Waals surface area contributed by atoms with Gasteiger partial charge in [-0.3, -0.25) is 4.79 Å². The van der Waals surface area contributed by atoms with Crippen LogP contribution in [0, 0.1) is 6.92 Å². The molecule has 0 radical (unpaired) electrons. The van der Waals surface area contributed by atoms with E-state index in [1.165, 1.54) is 5.56 Å². The molecule has 2 aromatic heterocycles. The minimum absolute atomic E-state index is 0.0430. The van der Waals surface area contributed by atoms with Gasteiger partial charge in [-0.15, -0.1) is 11.3 Å². The summed E-state index contributed by atoms with van der Waals surface area (Å²) in [6.45, 7) is 2.05. The standard InChI is InChI=1S/C18H12O2S/c1-11-6-8-12(9-7-11)17-18-14(10-20-17)16(19)13-4-2-3-5-15(13)21-18/h2-10H,1H3. The third-order valence-corrected chi connectivity index (χ3v) is 4.83. The van der Waals surface area contributed by atoms with E-state index >= 15 is 0 Å². The molecule has 0 saturated carbocycles. The molecule has 4 rings (SSSR count). The molecule has 0 aliphatic heterocycles. The Kier molecular flexibility index (Phi) is 2.69. The molecule has 0 unspecified atom stereocenters. The summed E-state index contributed by atoms with van der Waals surface area (Å²) in [6, 6.07) is 15.8. The molecule has 2 aromatic carbocycles. The van der Waals surface area contributed by atoms with Gasteiger partial charge >= 0.3 is 0 Å². The third-order valence-electron chi connectivity index (χ3n) is 3.65. The SMILES string of the molecule is Cc1ccc(-c2occ3c(=O)c4ccccc4sc23)cc1. The Bertz CT molecular complexity index is 1010. The lowest BCUT2D eigenvalue weighted by Gasteiger charge is -2.00. The van der Waals surface area contributed by atoms with E-state index in [4.69, 9.17) is 4.42 Å². The smallest absolute Gasteiger partial charge is 0.199 e. The van der Waals surface area contributed by atoms with Crippen molar-refractivity contribution in [1.29, 1.82) is 0 Å². The molecular formula is C18H12O2S. The lowest BCUT2D eigenvalue weighted by atomic mass is 10.1. The van der Waals surface area contributed by atoms with E-state index < -0.39 is 0 Å². The molecule has 3 heteroatoms. The van der Waals surface area contributed by atoms with Crippen molar-refractivity contribution < 1.29 is 4.42 Å². The van der Waals surface area contributed by atoms with Crippen LogP contribution in [0.15, 0.2) is 64.0 Å². The number of hydrogen-bond donors (Lipinski definition) is 0. The Balaban J connectivity index is 2.08. The zero-order valence-corrected chi connectivity index (χ0v) is 12.2. The van der Waals surface area contributed by atoms with E-state index in [0.717, 1.165) is 26.1 Å². The molecule has 0 amide bonds. The maximum absolute atomic E-state index is 12.5. The van der Waals surface area contributed by atoms with Gasteiger partial charge < -0.3 is 4.42 Å². The number of hydrogen-bond acceptors (Lipinski definition) is 3. The first-order valence-corrected chi connectivity index (χ1v) is 7.56. The first kappa shape index (κ1) is 12.4. The van der Waals surface area contributed by atoms with Gasteiger partial charge in [0.25, 0.3) is 0 Å². The first-order chi connectivity index (χ1) is 10.2. The van der Waals surface area contributed by atoms with Crippen molar-refractivity contribution in [1.82, 2.24) is 0 Å². The Morgan fingerprint density at radius 2 is 1.71 bits per heavy atom. The summed E-state index contributed by atoms with van der Waals surface area (Å²) in [6.07, 6.45) is 1.58. The summed E-state index contributed by atoms with van der Waals surface area (Å²) in [5.74, 6) is 0.776. The van der Waals surface area contributed by atoms with Crippen LogP contribution < -0.4 is 5.43 Å². The summed E-state index contributed by atoms with van der Waals surface area (Å²) in [4.78, 5) is 12.5. The molecular weight excluding hydrogens is 280 g/mol. The van der Waals surface area contributed by atoms with Crippen LogP contribution in [0.1, 0.15) is 5.56 Å². The van der Waals surface area contributed by atoms with Crippen molar-refractivity contribution in [3.8, 4) is 11.3 Å². The Morgan fingerprint density at radius 3 is 2.52 bits per heavy atom.